The summed E-state index contributed by atoms with van der Waals surface area (Å²) in [4.78, 5) is 23.6. The summed E-state index contributed by atoms with van der Waals surface area (Å²) in [6.45, 7) is 3.93. The molecule has 39 heavy (non-hydrogen) atoms. The van der Waals surface area contributed by atoms with Crippen LogP contribution in [0.1, 0.15) is 110 Å². The van der Waals surface area contributed by atoms with E-state index < -0.39 is 12.2 Å². The molecule has 0 fully saturated rings. The Kier molecular flexibility index (Phi) is 26.8. The van der Waals surface area contributed by atoms with E-state index in [0.29, 0.717) is 19.3 Å². The molecule has 0 aromatic carbocycles. The van der Waals surface area contributed by atoms with Crippen LogP contribution in [0.25, 0.3) is 0 Å². The second-order valence-electron chi connectivity index (χ2n) is 9.69. The Balaban J connectivity index is 3.68. The van der Waals surface area contributed by atoms with Crippen molar-refractivity contribution in [3.05, 3.63) is 60.8 Å². The number of hydrogen-bond acceptors (Lipinski definition) is 6. The largest absolute Gasteiger partial charge is 0.463 e. The van der Waals surface area contributed by atoms with Gasteiger partial charge in [-0.1, -0.05) is 113 Å². The minimum Gasteiger partial charge on any atom is -0.463 e. The van der Waals surface area contributed by atoms with Crippen LogP contribution in [-0.2, 0) is 19.1 Å². The fourth-order valence-corrected chi connectivity index (χ4v) is 3.55. The number of ether oxygens (including phenoxy) is 2. The minimum absolute atomic E-state index is 0.146. The van der Waals surface area contributed by atoms with Crippen molar-refractivity contribution >= 4 is 11.9 Å². The van der Waals surface area contributed by atoms with Gasteiger partial charge in [0, 0.05) is 12.8 Å². The van der Waals surface area contributed by atoms with Crippen molar-refractivity contribution in [1.29, 1.82) is 0 Å². The van der Waals surface area contributed by atoms with E-state index in [9.17, 15) is 19.8 Å². The lowest BCUT2D eigenvalue weighted by molar-refractivity contribution is -0.152. The van der Waals surface area contributed by atoms with Crippen molar-refractivity contribution in [2.75, 3.05) is 13.2 Å². The Bertz CT molecular complexity index is 734. The highest BCUT2D eigenvalue weighted by molar-refractivity contribution is 5.69. The van der Waals surface area contributed by atoms with Crippen molar-refractivity contribution in [3.63, 3.8) is 0 Å². The third kappa shape index (κ3) is 28.4. The minimum atomic E-state index is -0.995. The summed E-state index contributed by atoms with van der Waals surface area (Å²) in [7, 11) is 0. The Morgan fingerprint density at radius 2 is 1.23 bits per heavy atom. The van der Waals surface area contributed by atoms with Crippen LogP contribution in [0.2, 0.25) is 0 Å². The van der Waals surface area contributed by atoms with Crippen molar-refractivity contribution in [2.24, 2.45) is 0 Å². The number of aliphatic hydroxyl groups is 2. The molecule has 0 spiro atoms. The molecule has 0 aromatic rings. The highest BCUT2D eigenvalue weighted by Gasteiger charge is 2.11. The van der Waals surface area contributed by atoms with Gasteiger partial charge in [0.15, 0.2) is 0 Å². The van der Waals surface area contributed by atoms with E-state index in [1.54, 1.807) is 0 Å². The maximum absolute atomic E-state index is 11.8. The number of carbonyl (C=O) groups is 2. The molecule has 0 aromatic heterocycles. The number of esters is 2. The fourth-order valence-electron chi connectivity index (χ4n) is 3.55. The Morgan fingerprint density at radius 1 is 0.667 bits per heavy atom. The number of allylic oxidation sites excluding steroid dienone is 8. The number of carbonyl (C=O) groups excluding carboxylic acids is 2. The van der Waals surface area contributed by atoms with Gasteiger partial charge in [-0.25, -0.2) is 0 Å². The molecule has 0 saturated heterocycles. The maximum Gasteiger partial charge on any atom is 0.305 e. The molecule has 0 aliphatic heterocycles. The van der Waals surface area contributed by atoms with Crippen LogP contribution < -0.4 is 0 Å². The molecular formula is C33H54O6. The molecule has 1 unspecified atom stereocenters. The van der Waals surface area contributed by atoms with Gasteiger partial charge in [-0.05, 0) is 44.9 Å². The quantitative estimate of drug-likeness (QED) is 0.0534. The number of hydrogen-bond donors (Lipinski definition) is 2. The van der Waals surface area contributed by atoms with Gasteiger partial charge in [0.05, 0.1) is 6.10 Å². The molecule has 0 aliphatic rings. The zero-order valence-corrected chi connectivity index (χ0v) is 24.5. The van der Waals surface area contributed by atoms with E-state index in [1.165, 1.54) is 25.7 Å². The van der Waals surface area contributed by atoms with E-state index in [2.05, 4.69) is 31.2 Å². The van der Waals surface area contributed by atoms with Crippen molar-refractivity contribution < 1.29 is 29.3 Å². The Hall–Kier alpha value is -2.44. The van der Waals surface area contributed by atoms with E-state index in [-0.39, 0.29) is 31.6 Å². The van der Waals surface area contributed by atoms with Gasteiger partial charge in [0.1, 0.15) is 19.3 Å². The molecule has 0 bridgehead atoms. The molecule has 2 atom stereocenters. The highest BCUT2D eigenvalue weighted by atomic mass is 16.6. The van der Waals surface area contributed by atoms with E-state index in [0.717, 1.165) is 44.9 Å². The summed E-state index contributed by atoms with van der Waals surface area (Å²) in [6.07, 6.45) is 32.0. The first-order valence-corrected chi connectivity index (χ1v) is 14.9. The van der Waals surface area contributed by atoms with Gasteiger partial charge in [-0.15, -0.1) is 0 Å². The number of unbranched alkanes of at least 4 members (excludes halogenated alkanes) is 7. The average Bonchev–Trinajstić information content (AvgIpc) is 2.93. The summed E-state index contributed by atoms with van der Waals surface area (Å²) >= 11 is 0. The highest BCUT2D eigenvalue weighted by Crippen LogP contribution is 2.09. The SMILES string of the molecule is CC/C=C\C(O)C/C=C/C=C\C/C=C\C/C=C\CCCC(=O)OC[C@@H](O)COC(=O)CCCCCCCCC. The predicted octanol–water partition coefficient (Wildman–Crippen LogP) is 7.47. The fraction of sp³-hybridized carbons (Fsp3) is 0.636. The molecular weight excluding hydrogens is 492 g/mol. The summed E-state index contributed by atoms with van der Waals surface area (Å²) in [5.41, 5.74) is 0. The van der Waals surface area contributed by atoms with E-state index >= 15 is 0 Å². The van der Waals surface area contributed by atoms with Crippen LogP contribution >= 0.6 is 0 Å². The molecule has 0 saturated carbocycles. The van der Waals surface area contributed by atoms with Gasteiger partial charge in [0.25, 0.3) is 0 Å². The van der Waals surface area contributed by atoms with Crippen LogP contribution in [0, 0.1) is 0 Å². The van der Waals surface area contributed by atoms with Gasteiger partial charge >= 0.3 is 11.9 Å². The molecule has 222 valence electrons. The lowest BCUT2D eigenvalue weighted by Gasteiger charge is -2.12. The first-order chi connectivity index (χ1) is 19.0. The summed E-state index contributed by atoms with van der Waals surface area (Å²) in [5, 5.41) is 19.6. The first-order valence-electron chi connectivity index (χ1n) is 14.9. The maximum atomic E-state index is 11.8. The molecule has 2 N–H and O–H groups in total. The monoisotopic (exact) mass is 546 g/mol. The lowest BCUT2D eigenvalue weighted by atomic mass is 10.1. The van der Waals surface area contributed by atoms with Crippen molar-refractivity contribution in [2.45, 2.75) is 122 Å². The normalized spacial score (nSPS) is 13.8. The third-order valence-electron chi connectivity index (χ3n) is 5.84. The predicted molar refractivity (Wildman–Crippen MR) is 160 cm³/mol. The molecule has 0 amide bonds. The second-order valence-corrected chi connectivity index (χ2v) is 9.69. The number of aliphatic hydroxyl groups excluding tert-OH is 2. The van der Waals surface area contributed by atoms with Crippen molar-refractivity contribution in [3.8, 4) is 0 Å². The van der Waals surface area contributed by atoms with Crippen LogP contribution in [0.4, 0.5) is 0 Å². The zero-order chi connectivity index (χ0) is 28.8. The van der Waals surface area contributed by atoms with Crippen LogP contribution in [0.5, 0.6) is 0 Å². The molecule has 0 radical (unpaired) electrons. The standard InChI is InChI=1S/C33H54O6/c1-3-5-7-8-15-19-22-26-32(36)38-28-31(35)29-39-33(37)27-23-20-17-14-12-10-9-11-13-16-18-21-25-30(34)24-6-4-2/h6,9-10,13-14,16-18,21,24,30-31,34-35H,3-5,7-8,11-12,15,19-20,22-23,25-29H2,1-2H3/b10-9-,16-13-,17-14-,21-18+,24-6-/t30?,31-/m0/s1. The second kappa shape index (κ2) is 28.6. The van der Waals surface area contributed by atoms with Crippen LogP contribution in [0.3, 0.4) is 0 Å². The summed E-state index contributed by atoms with van der Waals surface area (Å²) in [5.74, 6) is -0.670. The smallest absolute Gasteiger partial charge is 0.305 e. The molecule has 0 rings (SSSR count). The van der Waals surface area contributed by atoms with Crippen molar-refractivity contribution in [1.82, 2.24) is 0 Å². The van der Waals surface area contributed by atoms with Gasteiger partial charge < -0.3 is 19.7 Å². The van der Waals surface area contributed by atoms with Gasteiger partial charge in [-0.2, -0.15) is 0 Å². The lowest BCUT2D eigenvalue weighted by Crippen LogP contribution is -2.25. The molecule has 6 heteroatoms. The van der Waals surface area contributed by atoms with Crippen LogP contribution in [0.15, 0.2) is 60.8 Å². The molecule has 0 aliphatic carbocycles. The molecule has 6 nitrogen and oxygen atoms in total. The summed E-state index contributed by atoms with van der Waals surface area (Å²) in [6, 6.07) is 0. The van der Waals surface area contributed by atoms with E-state index in [4.69, 9.17) is 9.47 Å². The van der Waals surface area contributed by atoms with E-state index in [1.807, 2.05) is 43.4 Å². The van der Waals surface area contributed by atoms with Gasteiger partial charge in [0.2, 0.25) is 0 Å². The average molecular weight is 547 g/mol. The Morgan fingerprint density at radius 3 is 1.90 bits per heavy atom. The topological polar surface area (TPSA) is 93.1 Å². The first kappa shape index (κ1) is 36.6. The Labute approximate surface area is 237 Å². The third-order valence-corrected chi connectivity index (χ3v) is 5.84. The van der Waals surface area contributed by atoms with Crippen LogP contribution in [-0.4, -0.2) is 47.6 Å². The summed E-state index contributed by atoms with van der Waals surface area (Å²) < 4.78 is 10.1. The van der Waals surface area contributed by atoms with Gasteiger partial charge in [-0.3, -0.25) is 9.59 Å². The zero-order valence-electron chi connectivity index (χ0n) is 24.5. The number of rotatable bonds is 25. The molecule has 0 heterocycles.